The van der Waals surface area contributed by atoms with Crippen molar-refractivity contribution in [2.75, 3.05) is 11.4 Å². The van der Waals surface area contributed by atoms with Crippen molar-refractivity contribution in [3.63, 3.8) is 0 Å². The molecule has 0 unspecified atom stereocenters. The maximum atomic E-state index is 13.7. The van der Waals surface area contributed by atoms with Crippen LogP contribution in [-0.4, -0.2) is 36.2 Å². The zero-order valence-corrected chi connectivity index (χ0v) is 19.9. The Morgan fingerprint density at radius 2 is 1.60 bits per heavy atom. The third-order valence-corrected chi connectivity index (χ3v) is 5.93. The van der Waals surface area contributed by atoms with E-state index in [4.69, 9.17) is 4.74 Å². The number of benzene rings is 3. The van der Waals surface area contributed by atoms with E-state index in [1.807, 2.05) is 74.5 Å². The number of carbonyl (C=O) groups is 3. The summed E-state index contributed by atoms with van der Waals surface area (Å²) in [5.74, 6) is -0.702. The number of alkyl carbamates (subject to hydrolysis) is 1. The van der Waals surface area contributed by atoms with Crippen molar-refractivity contribution in [2.24, 2.45) is 4.99 Å². The number of Topliss-reactive ketones (excluding diaryl/α,β-unsaturated/α-hetero) is 1. The highest BCUT2D eigenvalue weighted by Crippen LogP contribution is 2.30. The lowest BCUT2D eigenvalue weighted by Gasteiger charge is -2.26. The van der Waals surface area contributed by atoms with Crippen LogP contribution >= 0.6 is 0 Å². The van der Waals surface area contributed by atoms with Crippen LogP contribution in [0.3, 0.4) is 0 Å². The molecule has 7 heteroatoms. The van der Waals surface area contributed by atoms with E-state index >= 15 is 0 Å². The number of rotatable bonds is 6. The molecule has 3 aromatic rings. The first-order chi connectivity index (χ1) is 16.8. The summed E-state index contributed by atoms with van der Waals surface area (Å²) in [6.07, 6.45) is -1.99. The summed E-state index contributed by atoms with van der Waals surface area (Å²) >= 11 is 0. The predicted molar refractivity (Wildman–Crippen MR) is 135 cm³/mol. The lowest BCUT2D eigenvalue weighted by molar-refractivity contribution is -0.120. The van der Waals surface area contributed by atoms with Crippen LogP contribution in [0.15, 0.2) is 77.8 Å². The number of hydrogen-bond donors (Lipinski definition) is 1. The summed E-state index contributed by atoms with van der Waals surface area (Å²) < 4.78 is 5.30. The minimum absolute atomic E-state index is 0.0606. The largest absolute Gasteiger partial charge is 0.445 e. The molecule has 1 atom stereocenters. The standard InChI is InChI=1S/C28H27N3O4/c1-18-10-7-8-14-22(18)24(32)16-31-25-19(2)11-9-15-23(25)20(3)29-26(27(31)33)30-28(34)35-17-21-12-5-4-6-13-21/h4-15,26H,16-17H2,1-3H3,(H,30,34)/t26-/m1/s1. The number of aryl methyl sites for hydroxylation is 2. The van der Waals surface area contributed by atoms with Crippen molar-refractivity contribution in [3.8, 4) is 0 Å². The molecule has 0 radical (unpaired) electrons. The molecule has 0 spiro atoms. The van der Waals surface area contributed by atoms with E-state index in [1.54, 1.807) is 19.1 Å². The molecule has 2 amide bonds. The molecule has 3 aromatic carbocycles. The highest BCUT2D eigenvalue weighted by atomic mass is 16.5. The Labute approximate surface area is 204 Å². The second kappa shape index (κ2) is 10.3. The zero-order valence-electron chi connectivity index (χ0n) is 19.9. The van der Waals surface area contributed by atoms with Gasteiger partial charge in [0.15, 0.2) is 5.78 Å². The maximum absolute atomic E-state index is 13.7. The number of ketones is 1. The van der Waals surface area contributed by atoms with Gasteiger partial charge < -0.3 is 9.64 Å². The quantitative estimate of drug-likeness (QED) is 0.535. The van der Waals surface area contributed by atoms with Gasteiger partial charge in [-0.05, 0) is 37.5 Å². The summed E-state index contributed by atoms with van der Waals surface area (Å²) in [5, 5.41) is 2.57. The maximum Gasteiger partial charge on any atom is 0.409 e. The number of aliphatic imine (C=N–C) groups is 1. The summed E-state index contributed by atoms with van der Waals surface area (Å²) in [4.78, 5) is 45.3. The smallest absolute Gasteiger partial charge is 0.409 e. The Kier molecular flexibility index (Phi) is 7.06. The minimum atomic E-state index is -1.23. The van der Waals surface area contributed by atoms with E-state index < -0.39 is 18.2 Å². The molecular formula is C28H27N3O4. The molecular weight excluding hydrogens is 442 g/mol. The van der Waals surface area contributed by atoms with Crippen LogP contribution in [0.25, 0.3) is 0 Å². The SMILES string of the molecule is CC1=N[C@H](NC(=O)OCc2ccccc2)C(=O)N(CC(=O)c2ccccc2C)c2c(C)cccc21. The highest BCUT2D eigenvalue weighted by molar-refractivity contribution is 6.15. The normalized spacial score (nSPS) is 15.1. The Hall–Kier alpha value is -4.26. The molecule has 1 aliphatic rings. The van der Waals surface area contributed by atoms with E-state index in [2.05, 4.69) is 10.3 Å². The van der Waals surface area contributed by atoms with E-state index in [1.165, 1.54) is 4.90 Å². The summed E-state index contributed by atoms with van der Waals surface area (Å²) in [6.45, 7) is 5.40. The van der Waals surface area contributed by atoms with E-state index in [0.717, 1.165) is 22.3 Å². The number of benzodiazepines with no additional fused rings is 1. The van der Waals surface area contributed by atoms with Gasteiger partial charge in [-0.25, -0.2) is 4.79 Å². The number of ether oxygens (including phenoxy) is 1. The Bertz CT molecular complexity index is 1300. The molecule has 178 valence electrons. The number of carbonyl (C=O) groups excluding carboxylic acids is 3. The number of hydrogen-bond acceptors (Lipinski definition) is 5. The van der Waals surface area contributed by atoms with E-state index in [-0.39, 0.29) is 18.9 Å². The van der Waals surface area contributed by atoms with Gasteiger partial charge in [0.1, 0.15) is 6.61 Å². The zero-order chi connectivity index (χ0) is 24.9. The van der Waals surface area contributed by atoms with Crippen LogP contribution in [0.5, 0.6) is 0 Å². The minimum Gasteiger partial charge on any atom is -0.445 e. The number of nitrogens with one attached hydrogen (secondary N) is 1. The van der Waals surface area contributed by atoms with Gasteiger partial charge in [0.25, 0.3) is 5.91 Å². The van der Waals surface area contributed by atoms with Crippen molar-refractivity contribution in [1.29, 1.82) is 0 Å². The molecule has 1 N–H and O–H groups in total. The van der Waals surface area contributed by atoms with Crippen LogP contribution in [0.1, 0.15) is 39.5 Å². The van der Waals surface area contributed by atoms with Gasteiger partial charge >= 0.3 is 6.09 Å². The van der Waals surface area contributed by atoms with Gasteiger partial charge in [-0.1, -0.05) is 72.8 Å². The summed E-state index contributed by atoms with van der Waals surface area (Å²) in [5.41, 5.74) is 4.95. The van der Waals surface area contributed by atoms with E-state index in [9.17, 15) is 14.4 Å². The molecule has 7 nitrogen and oxygen atoms in total. The van der Waals surface area contributed by atoms with Crippen LogP contribution in [0, 0.1) is 13.8 Å². The number of amides is 2. The van der Waals surface area contributed by atoms with Crippen LogP contribution in [0.4, 0.5) is 10.5 Å². The Morgan fingerprint density at radius 3 is 2.34 bits per heavy atom. The molecule has 0 aliphatic carbocycles. The van der Waals surface area contributed by atoms with Crippen LogP contribution in [-0.2, 0) is 16.1 Å². The van der Waals surface area contributed by atoms with Gasteiger partial charge in [0, 0.05) is 16.8 Å². The van der Waals surface area contributed by atoms with Crippen LogP contribution in [0.2, 0.25) is 0 Å². The number of anilines is 1. The predicted octanol–water partition coefficient (Wildman–Crippen LogP) is 4.59. The molecule has 0 saturated heterocycles. The van der Waals surface area contributed by atoms with Gasteiger partial charge in [0.05, 0.1) is 12.2 Å². The molecule has 35 heavy (non-hydrogen) atoms. The van der Waals surface area contributed by atoms with Crippen LogP contribution < -0.4 is 10.2 Å². The van der Waals surface area contributed by atoms with Crippen molar-refractivity contribution in [3.05, 3.63) is 101 Å². The topological polar surface area (TPSA) is 88.1 Å². The fourth-order valence-electron chi connectivity index (χ4n) is 4.13. The van der Waals surface area contributed by atoms with Gasteiger partial charge in [-0.2, -0.15) is 0 Å². The molecule has 0 aromatic heterocycles. The molecule has 4 rings (SSSR count). The fourth-order valence-corrected chi connectivity index (χ4v) is 4.13. The Morgan fingerprint density at radius 1 is 0.914 bits per heavy atom. The number of fused-ring (bicyclic) bond motifs is 1. The summed E-state index contributed by atoms with van der Waals surface area (Å²) in [6, 6.07) is 22.1. The van der Waals surface area contributed by atoms with Gasteiger partial charge in [-0.3, -0.25) is 19.9 Å². The van der Waals surface area contributed by atoms with Gasteiger partial charge in [-0.15, -0.1) is 0 Å². The third kappa shape index (κ3) is 5.30. The second-order valence-corrected chi connectivity index (χ2v) is 8.46. The molecule has 0 saturated carbocycles. The second-order valence-electron chi connectivity index (χ2n) is 8.46. The monoisotopic (exact) mass is 469 g/mol. The van der Waals surface area contributed by atoms with Crippen molar-refractivity contribution in [2.45, 2.75) is 33.5 Å². The first kappa shape index (κ1) is 23.9. The summed E-state index contributed by atoms with van der Waals surface area (Å²) in [7, 11) is 0. The molecule has 1 aliphatic heterocycles. The Balaban J connectivity index is 1.61. The first-order valence-electron chi connectivity index (χ1n) is 11.4. The highest BCUT2D eigenvalue weighted by Gasteiger charge is 2.34. The van der Waals surface area contributed by atoms with Crippen molar-refractivity contribution < 1.29 is 19.1 Å². The molecule has 1 heterocycles. The molecule has 0 bridgehead atoms. The van der Waals surface area contributed by atoms with Gasteiger partial charge in [0.2, 0.25) is 6.17 Å². The molecule has 0 fully saturated rings. The average Bonchev–Trinajstić information content (AvgIpc) is 2.95. The third-order valence-electron chi connectivity index (χ3n) is 5.93. The fraction of sp³-hybridized carbons (Fsp3) is 0.214. The van der Waals surface area contributed by atoms with E-state index in [0.29, 0.717) is 17.0 Å². The van der Waals surface area contributed by atoms with Crippen molar-refractivity contribution >= 4 is 29.2 Å². The lowest BCUT2D eigenvalue weighted by atomic mass is 10.0. The first-order valence-corrected chi connectivity index (χ1v) is 11.4. The van der Waals surface area contributed by atoms with Crippen molar-refractivity contribution in [1.82, 2.24) is 5.32 Å². The average molecular weight is 470 g/mol. The lowest BCUT2D eigenvalue weighted by Crippen LogP contribution is -2.49. The number of nitrogens with zero attached hydrogens (tertiary/aromatic N) is 2. The number of para-hydroxylation sites is 1.